The van der Waals surface area contributed by atoms with Gasteiger partial charge in [-0.3, -0.25) is 4.79 Å². The number of fused-ring (bicyclic) bond motifs is 1. The smallest absolute Gasteiger partial charge is 0.339 e. The van der Waals surface area contributed by atoms with Crippen LogP contribution in [0.3, 0.4) is 0 Å². The van der Waals surface area contributed by atoms with E-state index in [0.29, 0.717) is 22.2 Å². The van der Waals surface area contributed by atoms with E-state index in [4.69, 9.17) is 4.74 Å². The summed E-state index contributed by atoms with van der Waals surface area (Å²) in [5.74, 6) is -0.557. The van der Waals surface area contributed by atoms with Gasteiger partial charge in [0.15, 0.2) is 6.61 Å². The SMILES string of the molecule is C[C@@H]1CCC[C@@H](C)N1C(=O)COC(=O)c1cc(-c2ccc(O)cc2)nc2ccccc12. The fourth-order valence-corrected chi connectivity index (χ4v) is 4.32. The van der Waals surface area contributed by atoms with E-state index in [2.05, 4.69) is 4.98 Å². The van der Waals surface area contributed by atoms with Crippen molar-refractivity contribution in [2.75, 3.05) is 6.61 Å². The largest absolute Gasteiger partial charge is 0.508 e. The number of para-hydroxylation sites is 1. The molecule has 0 radical (unpaired) electrons. The molecule has 6 nitrogen and oxygen atoms in total. The Morgan fingerprint density at radius 1 is 1.06 bits per heavy atom. The van der Waals surface area contributed by atoms with Gasteiger partial charge < -0.3 is 14.7 Å². The molecular weight excluding hydrogens is 392 g/mol. The van der Waals surface area contributed by atoms with Gasteiger partial charge in [0, 0.05) is 23.0 Å². The quantitative estimate of drug-likeness (QED) is 0.629. The van der Waals surface area contributed by atoms with Crippen LogP contribution in [-0.2, 0) is 9.53 Å². The van der Waals surface area contributed by atoms with Crippen molar-refractivity contribution in [1.82, 2.24) is 9.88 Å². The van der Waals surface area contributed by atoms with Crippen molar-refractivity contribution >= 4 is 22.8 Å². The van der Waals surface area contributed by atoms with Crippen LogP contribution in [0.4, 0.5) is 0 Å². The number of likely N-dealkylation sites (tertiary alicyclic amines) is 1. The Labute approximate surface area is 181 Å². The molecule has 2 atom stereocenters. The van der Waals surface area contributed by atoms with E-state index in [0.717, 1.165) is 24.8 Å². The van der Waals surface area contributed by atoms with Gasteiger partial charge in [-0.1, -0.05) is 18.2 Å². The predicted molar refractivity (Wildman–Crippen MR) is 119 cm³/mol. The molecule has 1 aliphatic rings. The number of piperidine rings is 1. The number of aromatic nitrogens is 1. The molecule has 1 saturated heterocycles. The normalized spacial score (nSPS) is 18.7. The van der Waals surface area contributed by atoms with Gasteiger partial charge in [0.05, 0.1) is 16.8 Å². The number of phenolic OH excluding ortho intramolecular Hbond substituents is 1. The number of pyridine rings is 1. The Morgan fingerprint density at radius 2 is 1.74 bits per heavy atom. The third-order valence-electron chi connectivity index (χ3n) is 5.91. The average molecular weight is 418 g/mol. The highest BCUT2D eigenvalue weighted by molar-refractivity contribution is 6.05. The number of ether oxygens (including phenoxy) is 1. The van der Waals surface area contributed by atoms with Crippen LogP contribution in [-0.4, -0.2) is 45.6 Å². The number of aromatic hydroxyl groups is 1. The summed E-state index contributed by atoms with van der Waals surface area (Å²) in [5, 5.41) is 10.2. The first-order valence-electron chi connectivity index (χ1n) is 10.6. The van der Waals surface area contributed by atoms with Crippen molar-refractivity contribution in [3.05, 3.63) is 60.2 Å². The Morgan fingerprint density at radius 3 is 2.45 bits per heavy atom. The lowest BCUT2D eigenvalue weighted by Crippen LogP contribution is -2.49. The van der Waals surface area contributed by atoms with Crippen LogP contribution in [0, 0.1) is 0 Å². The summed E-state index contributed by atoms with van der Waals surface area (Å²) in [6, 6.07) is 15.9. The highest BCUT2D eigenvalue weighted by Gasteiger charge is 2.29. The van der Waals surface area contributed by atoms with Crippen LogP contribution >= 0.6 is 0 Å². The lowest BCUT2D eigenvalue weighted by atomic mass is 9.97. The molecule has 0 unspecified atom stereocenters. The Kier molecular flexibility index (Phi) is 5.89. The molecule has 2 aromatic carbocycles. The molecule has 1 fully saturated rings. The maximum absolute atomic E-state index is 13.0. The molecule has 2 heterocycles. The molecule has 3 aromatic rings. The van der Waals surface area contributed by atoms with Crippen LogP contribution in [0.2, 0.25) is 0 Å². The molecule has 1 aromatic heterocycles. The molecule has 6 heteroatoms. The number of carbonyl (C=O) groups is 2. The number of hydrogen-bond acceptors (Lipinski definition) is 5. The minimum absolute atomic E-state index is 0.151. The van der Waals surface area contributed by atoms with Gasteiger partial charge in [-0.2, -0.15) is 0 Å². The second kappa shape index (κ2) is 8.76. The number of hydrogen-bond donors (Lipinski definition) is 1. The molecule has 0 bridgehead atoms. The van der Waals surface area contributed by atoms with Crippen molar-refractivity contribution in [3.63, 3.8) is 0 Å². The highest BCUT2D eigenvalue weighted by Crippen LogP contribution is 2.27. The van der Waals surface area contributed by atoms with Crippen LogP contribution in [0.25, 0.3) is 22.2 Å². The maximum atomic E-state index is 13.0. The van der Waals surface area contributed by atoms with E-state index in [-0.39, 0.29) is 30.3 Å². The van der Waals surface area contributed by atoms with Crippen LogP contribution < -0.4 is 0 Å². The van der Waals surface area contributed by atoms with Gasteiger partial charge in [0.1, 0.15) is 5.75 Å². The van der Waals surface area contributed by atoms with Crippen molar-refractivity contribution in [1.29, 1.82) is 0 Å². The van der Waals surface area contributed by atoms with Crippen LogP contribution in [0.5, 0.6) is 5.75 Å². The monoisotopic (exact) mass is 418 g/mol. The molecule has 4 rings (SSSR count). The summed E-state index contributed by atoms with van der Waals surface area (Å²) in [4.78, 5) is 32.2. The van der Waals surface area contributed by atoms with Crippen molar-refractivity contribution in [2.24, 2.45) is 0 Å². The molecule has 1 N–H and O–H groups in total. The molecular formula is C25H26N2O4. The van der Waals surface area contributed by atoms with Crippen LogP contribution in [0.15, 0.2) is 54.6 Å². The van der Waals surface area contributed by atoms with Crippen molar-refractivity contribution < 1.29 is 19.4 Å². The molecule has 0 aliphatic carbocycles. The lowest BCUT2D eigenvalue weighted by molar-refractivity contribution is -0.140. The van der Waals surface area contributed by atoms with Gasteiger partial charge in [0.25, 0.3) is 5.91 Å². The predicted octanol–water partition coefficient (Wildman–Crippen LogP) is 4.55. The maximum Gasteiger partial charge on any atom is 0.339 e. The fraction of sp³-hybridized carbons (Fsp3) is 0.320. The minimum atomic E-state index is -0.552. The summed E-state index contributed by atoms with van der Waals surface area (Å²) < 4.78 is 5.46. The molecule has 0 spiro atoms. The van der Waals surface area contributed by atoms with E-state index in [1.54, 1.807) is 30.3 Å². The zero-order chi connectivity index (χ0) is 22.0. The number of esters is 1. The molecule has 1 aliphatic heterocycles. The van der Waals surface area contributed by atoms with E-state index >= 15 is 0 Å². The van der Waals surface area contributed by atoms with E-state index in [1.807, 2.05) is 43.0 Å². The summed E-state index contributed by atoms with van der Waals surface area (Å²) in [5.41, 5.74) is 2.38. The lowest BCUT2D eigenvalue weighted by Gasteiger charge is -2.38. The molecule has 31 heavy (non-hydrogen) atoms. The number of rotatable bonds is 4. The average Bonchev–Trinajstić information content (AvgIpc) is 2.77. The van der Waals surface area contributed by atoms with Gasteiger partial charge in [-0.05, 0) is 69.5 Å². The van der Waals surface area contributed by atoms with Crippen molar-refractivity contribution in [3.8, 4) is 17.0 Å². The molecule has 1 amide bonds. The first kappa shape index (κ1) is 20.8. The third kappa shape index (κ3) is 4.38. The second-order valence-electron chi connectivity index (χ2n) is 8.13. The van der Waals surface area contributed by atoms with Crippen molar-refractivity contribution in [2.45, 2.75) is 45.2 Å². The minimum Gasteiger partial charge on any atom is -0.508 e. The Bertz CT molecular complexity index is 1100. The van der Waals surface area contributed by atoms with Crippen LogP contribution in [0.1, 0.15) is 43.5 Å². The Balaban J connectivity index is 1.59. The summed E-state index contributed by atoms with van der Waals surface area (Å²) >= 11 is 0. The first-order chi connectivity index (χ1) is 14.9. The van der Waals surface area contributed by atoms with Gasteiger partial charge in [-0.15, -0.1) is 0 Å². The highest BCUT2D eigenvalue weighted by atomic mass is 16.5. The topological polar surface area (TPSA) is 79.7 Å². The van der Waals surface area contributed by atoms with Gasteiger partial charge >= 0.3 is 5.97 Å². The zero-order valence-corrected chi connectivity index (χ0v) is 17.7. The standard InChI is InChI=1S/C25H26N2O4/c1-16-6-5-7-17(2)27(16)24(29)15-31-25(30)21-14-23(18-10-12-19(28)13-11-18)26-22-9-4-3-8-20(21)22/h3-4,8-14,16-17,28H,5-7,15H2,1-2H3/t16-,17-/m1/s1. The van der Waals surface area contributed by atoms with E-state index < -0.39 is 5.97 Å². The summed E-state index contributed by atoms with van der Waals surface area (Å²) in [6.45, 7) is 3.80. The third-order valence-corrected chi connectivity index (χ3v) is 5.91. The summed E-state index contributed by atoms with van der Waals surface area (Å²) in [7, 11) is 0. The number of phenols is 1. The number of nitrogens with zero attached hydrogens (tertiary/aromatic N) is 2. The second-order valence-corrected chi connectivity index (χ2v) is 8.13. The number of amides is 1. The van der Waals surface area contributed by atoms with E-state index in [1.165, 1.54) is 0 Å². The Hall–Kier alpha value is -3.41. The molecule has 160 valence electrons. The fourth-order valence-electron chi connectivity index (χ4n) is 4.32. The molecule has 0 saturated carbocycles. The first-order valence-corrected chi connectivity index (χ1v) is 10.6. The zero-order valence-electron chi connectivity index (χ0n) is 17.7. The van der Waals surface area contributed by atoms with Gasteiger partial charge in [0.2, 0.25) is 0 Å². The van der Waals surface area contributed by atoms with Gasteiger partial charge in [-0.25, -0.2) is 9.78 Å². The van der Waals surface area contributed by atoms with E-state index in [9.17, 15) is 14.7 Å². The summed E-state index contributed by atoms with van der Waals surface area (Å²) in [6.07, 6.45) is 3.04. The number of benzene rings is 2. The number of carbonyl (C=O) groups excluding carboxylic acids is 2.